The Hall–Kier alpha value is -2.58. The molecule has 0 saturated carbocycles. The summed E-state index contributed by atoms with van der Waals surface area (Å²) in [4.78, 5) is 14.7. The standard InChI is InChI=1S/C19H21N3O2/c1-21-10-2-3-17(21)18-14-24-12-11-22(18)19(23)9-8-15-4-6-16(13-20)7-5-15/h2-7,10,18H,8-9,11-12,14H2,1H3. The fourth-order valence-corrected chi connectivity index (χ4v) is 3.11. The van der Waals surface area contributed by atoms with Crippen LogP contribution < -0.4 is 0 Å². The molecule has 0 radical (unpaired) electrons. The van der Waals surface area contributed by atoms with Gasteiger partial charge in [0.05, 0.1) is 30.9 Å². The van der Waals surface area contributed by atoms with Crippen LogP contribution >= 0.6 is 0 Å². The molecule has 1 unspecified atom stereocenters. The second-order valence-corrected chi connectivity index (χ2v) is 6.03. The Labute approximate surface area is 142 Å². The Kier molecular flexibility index (Phi) is 4.97. The first-order valence-corrected chi connectivity index (χ1v) is 8.16. The highest BCUT2D eigenvalue weighted by Crippen LogP contribution is 2.25. The number of amides is 1. The number of nitrogens with zero attached hydrogens (tertiary/aromatic N) is 3. The van der Waals surface area contributed by atoms with E-state index in [1.807, 2.05) is 47.0 Å². The first-order chi connectivity index (χ1) is 11.7. The van der Waals surface area contributed by atoms with Crippen LogP contribution in [0.3, 0.4) is 0 Å². The fraction of sp³-hybridized carbons (Fsp3) is 0.368. The van der Waals surface area contributed by atoms with Gasteiger partial charge in [-0.05, 0) is 36.2 Å². The van der Waals surface area contributed by atoms with E-state index < -0.39 is 0 Å². The Morgan fingerprint density at radius 3 is 2.79 bits per heavy atom. The average molecular weight is 323 g/mol. The SMILES string of the molecule is Cn1cccc1C1COCCN1C(=O)CCc1ccc(C#N)cc1. The Morgan fingerprint density at radius 2 is 2.12 bits per heavy atom. The Balaban J connectivity index is 1.66. The number of hydrogen-bond donors (Lipinski definition) is 0. The summed E-state index contributed by atoms with van der Waals surface area (Å²) in [7, 11) is 1.99. The smallest absolute Gasteiger partial charge is 0.223 e. The molecule has 0 N–H and O–H groups in total. The summed E-state index contributed by atoms with van der Waals surface area (Å²) in [6, 6.07) is 13.5. The zero-order valence-electron chi connectivity index (χ0n) is 13.8. The molecule has 5 nitrogen and oxygen atoms in total. The highest BCUT2D eigenvalue weighted by atomic mass is 16.5. The molecule has 0 bridgehead atoms. The molecule has 5 heteroatoms. The van der Waals surface area contributed by atoms with E-state index in [2.05, 4.69) is 6.07 Å². The third-order valence-electron chi connectivity index (χ3n) is 4.48. The van der Waals surface area contributed by atoms with E-state index in [1.54, 1.807) is 12.1 Å². The lowest BCUT2D eigenvalue weighted by Gasteiger charge is -2.36. The predicted molar refractivity (Wildman–Crippen MR) is 90.2 cm³/mol. The summed E-state index contributed by atoms with van der Waals surface area (Å²) < 4.78 is 7.63. The molecule has 1 aliphatic heterocycles. The molecule has 1 aromatic heterocycles. The van der Waals surface area contributed by atoms with Crippen LogP contribution in [0, 0.1) is 11.3 Å². The minimum absolute atomic E-state index is 0.0211. The van der Waals surface area contributed by atoms with Crippen LogP contribution in [-0.4, -0.2) is 35.1 Å². The van der Waals surface area contributed by atoms with E-state index in [9.17, 15) is 4.79 Å². The van der Waals surface area contributed by atoms with E-state index in [0.717, 1.165) is 11.3 Å². The topological polar surface area (TPSA) is 58.3 Å². The van der Waals surface area contributed by atoms with Gasteiger partial charge in [0.25, 0.3) is 0 Å². The molecule has 1 atom stereocenters. The maximum absolute atomic E-state index is 12.7. The summed E-state index contributed by atoms with van der Waals surface area (Å²) >= 11 is 0. The lowest BCUT2D eigenvalue weighted by atomic mass is 10.1. The van der Waals surface area contributed by atoms with Crippen molar-refractivity contribution in [3.8, 4) is 6.07 Å². The quantitative estimate of drug-likeness (QED) is 0.868. The molecule has 124 valence electrons. The minimum Gasteiger partial charge on any atom is -0.377 e. The third-order valence-corrected chi connectivity index (χ3v) is 4.48. The van der Waals surface area contributed by atoms with Crippen LogP contribution in [0.2, 0.25) is 0 Å². The van der Waals surface area contributed by atoms with Crippen molar-refractivity contribution in [3.63, 3.8) is 0 Å². The molecule has 1 saturated heterocycles. The number of hydrogen-bond acceptors (Lipinski definition) is 3. The summed E-state index contributed by atoms with van der Waals surface area (Å²) in [5.41, 5.74) is 2.81. The third kappa shape index (κ3) is 3.50. The Bertz CT molecular complexity index is 743. The van der Waals surface area contributed by atoms with E-state index in [1.165, 1.54) is 0 Å². The molecule has 0 spiro atoms. The van der Waals surface area contributed by atoms with Crippen molar-refractivity contribution < 1.29 is 9.53 Å². The lowest BCUT2D eigenvalue weighted by molar-refractivity contribution is -0.140. The molecule has 0 aliphatic carbocycles. The van der Waals surface area contributed by atoms with E-state index in [0.29, 0.717) is 38.2 Å². The van der Waals surface area contributed by atoms with Gasteiger partial charge in [0.2, 0.25) is 5.91 Å². The molecule has 2 aromatic rings. The van der Waals surface area contributed by atoms with Crippen molar-refractivity contribution in [2.75, 3.05) is 19.8 Å². The van der Waals surface area contributed by atoms with Crippen LogP contribution in [0.5, 0.6) is 0 Å². The number of ether oxygens (including phenoxy) is 1. The van der Waals surface area contributed by atoms with Gasteiger partial charge in [-0.1, -0.05) is 12.1 Å². The summed E-state index contributed by atoms with van der Waals surface area (Å²) in [6.07, 6.45) is 3.14. The molecule has 3 rings (SSSR count). The van der Waals surface area contributed by atoms with E-state index in [4.69, 9.17) is 10.00 Å². The summed E-state index contributed by atoms with van der Waals surface area (Å²) in [5, 5.41) is 8.83. The number of rotatable bonds is 4. The molecular weight excluding hydrogens is 302 g/mol. The molecule has 1 amide bonds. The molecule has 1 aliphatic rings. The lowest BCUT2D eigenvalue weighted by Crippen LogP contribution is -2.44. The Morgan fingerprint density at radius 1 is 1.33 bits per heavy atom. The van der Waals surface area contributed by atoms with Crippen molar-refractivity contribution in [2.24, 2.45) is 7.05 Å². The van der Waals surface area contributed by atoms with Gasteiger partial charge in [0.1, 0.15) is 0 Å². The molecular formula is C19H21N3O2. The summed E-state index contributed by atoms with van der Waals surface area (Å²) in [6.45, 7) is 1.76. The van der Waals surface area contributed by atoms with Crippen molar-refractivity contribution >= 4 is 5.91 Å². The second-order valence-electron chi connectivity index (χ2n) is 6.03. The zero-order valence-corrected chi connectivity index (χ0v) is 13.8. The maximum Gasteiger partial charge on any atom is 0.223 e. The van der Waals surface area contributed by atoms with Gasteiger partial charge in [-0.3, -0.25) is 4.79 Å². The highest BCUT2D eigenvalue weighted by Gasteiger charge is 2.29. The van der Waals surface area contributed by atoms with Crippen LogP contribution in [0.4, 0.5) is 0 Å². The average Bonchev–Trinajstić information content (AvgIpc) is 3.06. The van der Waals surface area contributed by atoms with Gasteiger partial charge < -0.3 is 14.2 Å². The van der Waals surface area contributed by atoms with Crippen LogP contribution in [0.1, 0.15) is 29.3 Å². The number of morpholine rings is 1. The molecule has 2 heterocycles. The monoisotopic (exact) mass is 323 g/mol. The van der Waals surface area contributed by atoms with Crippen molar-refractivity contribution in [1.82, 2.24) is 9.47 Å². The molecule has 1 fully saturated rings. The van der Waals surface area contributed by atoms with Gasteiger partial charge in [0.15, 0.2) is 0 Å². The number of aryl methyl sites for hydroxylation is 2. The van der Waals surface area contributed by atoms with E-state index >= 15 is 0 Å². The normalized spacial score (nSPS) is 17.5. The number of benzene rings is 1. The molecule has 24 heavy (non-hydrogen) atoms. The number of carbonyl (C=O) groups is 1. The van der Waals surface area contributed by atoms with Crippen molar-refractivity contribution in [2.45, 2.75) is 18.9 Å². The van der Waals surface area contributed by atoms with Crippen LogP contribution in [-0.2, 0) is 23.0 Å². The second kappa shape index (κ2) is 7.33. The maximum atomic E-state index is 12.7. The minimum atomic E-state index is -0.0211. The fourth-order valence-electron chi connectivity index (χ4n) is 3.11. The van der Waals surface area contributed by atoms with Gasteiger partial charge >= 0.3 is 0 Å². The van der Waals surface area contributed by atoms with Gasteiger partial charge in [-0.15, -0.1) is 0 Å². The number of aromatic nitrogens is 1. The van der Waals surface area contributed by atoms with Gasteiger partial charge in [-0.2, -0.15) is 5.26 Å². The highest BCUT2D eigenvalue weighted by molar-refractivity contribution is 5.77. The van der Waals surface area contributed by atoms with E-state index in [-0.39, 0.29) is 11.9 Å². The first-order valence-electron chi connectivity index (χ1n) is 8.16. The predicted octanol–water partition coefficient (Wildman–Crippen LogP) is 2.43. The molecule has 1 aromatic carbocycles. The number of carbonyl (C=O) groups excluding carboxylic acids is 1. The largest absolute Gasteiger partial charge is 0.377 e. The zero-order chi connectivity index (χ0) is 16.9. The van der Waals surface area contributed by atoms with Crippen LogP contribution in [0.15, 0.2) is 42.6 Å². The first kappa shape index (κ1) is 16.3. The van der Waals surface area contributed by atoms with Crippen molar-refractivity contribution in [1.29, 1.82) is 5.26 Å². The summed E-state index contributed by atoms with van der Waals surface area (Å²) in [5.74, 6) is 0.147. The van der Waals surface area contributed by atoms with Crippen LogP contribution in [0.25, 0.3) is 0 Å². The van der Waals surface area contributed by atoms with Gasteiger partial charge in [-0.25, -0.2) is 0 Å². The van der Waals surface area contributed by atoms with Gasteiger partial charge in [0, 0.05) is 31.9 Å². The van der Waals surface area contributed by atoms with Crippen molar-refractivity contribution in [3.05, 3.63) is 59.4 Å². The number of nitriles is 1.